The second-order valence-electron chi connectivity index (χ2n) is 5.06. The van der Waals surface area contributed by atoms with Gasteiger partial charge >= 0.3 is 0 Å². The number of fused-ring (bicyclic) bond motifs is 1. The van der Waals surface area contributed by atoms with Crippen molar-refractivity contribution in [3.63, 3.8) is 0 Å². The van der Waals surface area contributed by atoms with Crippen LogP contribution in [0.5, 0.6) is 11.5 Å². The van der Waals surface area contributed by atoms with Crippen molar-refractivity contribution in [2.24, 2.45) is 5.73 Å². The highest BCUT2D eigenvalue weighted by Gasteiger charge is 2.44. The molecule has 110 valence electrons. The van der Waals surface area contributed by atoms with Gasteiger partial charge in [0.05, 0.1) is 5.02 Å². The SMILES string of the molecule is NC[C@]1(O)COc2ccccc2[C@@H]1Oc1ccccc1Cl. The van der Waals surface area contributed by atoms with E-state index in [-0.39, 0.29) is 13.2 Å². The predicted octanol–water partition coefficient (Wildman–Crippen LogP) is 2.54. The molecule has 4 nitrogen and oxygen atoms in total. The Bertz CT molecular complexity index is 649. The quantitative estimate of drug-likeness (QED) is 0.914. The molecule has 1 aliphatic rings. The summed E-state index contributed by atoms with van der Waals surface area (Å²) in [5.41, 5.74) is 5.20. The molecule has 0 unspecified atom stereocenters. The summed E-state index contributed by atoms with van der Waals surface area (Å²) in [5, 5.41) is 11.2. The van der Waals surface area contributed by atoms with Gasteiger partial charge in [0.1, 0.15) is 18.1 Å². The second kappa shape index (κ2) is 5.56. The second-order valence-corrected chi connectivity index (χ2v) is 5.47. The highest BCUT2D eigenvalue weighted by atomic mass is 35.5. The Kier molecular flexibility index (Phi) is 3.76. The van der Waals surface area contributed by atoms with Gasteiger partial charge < -0.3 is 20.3 Å². The zero-order valence-electron chi connectivity index (χ0n) is 11.3. The number of nitrogens with two attached hydrogens (primary N) is 1. The number of para-hydroxylation sites is 2. The lowest BCUT2D eigenvalue weighted by molar-refractivity contribution is -0.0967. The molecule has 0 aromatic heterocycles. The van der Waals surface area contributed by atoms with E-state index < -0.39 is 11.7 Å². The smallest absolute Gasteiger partial charge is 0.161 e. The Morgan fingerprint density at radius 3 is 2.71 bits per heavy atom. The third-order valence-corrected chi connectivity index (χ3v) is 3.91. The van der Waals surface area contributed by atoms with Gasteiger partial charge in [0.25, 0.3) is 0 Å². The lowest BCUT2D eigenvalue weighted by Crippen LogP contribution is -2.52. The molecule has 0 saturated carbocycles. The zero-order valence-corrected chi connectivity index (χ0v) is 12.1. The van der Waals surface area contributed by atoms with Crippen LogP contribution in [0.1, 0.15) is 11.7 Å². The zero-order chi connectivity index (χ0) is 14.9. The van der Waals surface area contributed by atoms with Crippen molar-refractivity contribution < 1.29 is 14.6 Å². The average Bonchev–Trinajstić information content (AvgIpc) is 2.52. The Hall–Kier alpha value is -1.75. The number of rotatable bonds is 3. The molecule has 2 aromatic carbocycles. The van der Waals surface area contributed by atoms with Gasteiger partial charge in [-0.1, -0.05) is 41.9 Å². The summed E-state index contributed by atoms with van der Waals surface area (Å²) in [4.78, 5) is 0. The maximum absolute atomic E-state index is 10.7. The molecule has 2 atom stereocenters. The van der Waals surface area contributed by atoms with E-state index in [4.69, 9.17) is 26.8 Å². The topological polar surface area (TPSA) is 64.7 Å². The van der Waals surface area contributed by atoms with Crippen molar-refractivity contribution >= 4 is 11.6 Å². The van der Waals surface area contributed by atoms with Gasteiger partial charge in [0.15, 0.2) is 11.7 Å². The van der Waals surface area contributed by atoms with Crippen LogP contribution in [-0.2, 0) is 0 Å². The number of aliphatic hydroxyl groups is 1. The van der Waals surface area contributed by atoms with Crippen molar-refractivity contribution in [1.82, 2.24) is 0 Å². The monoisotopic (exact) mass is 305 g/mol. The fraction of sp³-hybridized carbons (Fsp3) is 0.250. The highest BCUT2D eigenvalue weighted by Crippen LogP contribution is 2.41. The largest absolute Gasteiger partial charge is 0.490 e. The van der Waals surface area contributed by atoms with E-state index >= 15 is 0 Å². The van der Waals surface area contributed by atoms with E-state index in [1.165, 1.54) is 0 Å². The average molecular weight is 306 g/mol. The minimum Gasteiger partial charge on any atom is -0.490 e. The molecule has 1 aliphatic heterocycles. The fourth-order valence-corrected chi connectivity index (χ4v) is 2.58. The van der Waals surface area contributed by atoms with E-state index in [9.17, 15) is 5.11 Å². The summed E-state index contributed by atoms with van der Waals surface area (Å²) in [6.45, 7) is 0.103. The summed E-state index contributed by atoms with van der Waals surface area (Å²) in [5.74, 6) is 1.19. The van der Waals surface area contributed by atoms with Crippen molar-refractivity contribution in [3.05, 3.63) is 59.1 Å². The summed E-state index contributed by atoms with van der Waals surface area (Å²) in [6.07, 6.45) is -0.632. The fourth-order valence-electron chi connectivity index (χ4n) is 2.40. The van der Waals surface area contributed by atoms with Crippen LogP contribution < -0.4 is 15.2 Å². The van der Waals surface area contributed by atoms with Gasteiger partial charge in [0.2, 0.25) is 0 Å². The molecule has 3 N–H and O–H groups in total. The third kappa shape index (κ3) is 2.58. The van der Waals surface area contributed by atoms with E-state index in [2.05, 4.69) is 0 Å². The number of benzene rings is 2. The number of hydrogen-bond acceptors (Lipinski definition) is 4. The third-order valence-electron chi connectivity index (χ3n) is 3.60. The minimum absolute atomic E-state index is 0.0243. The van der Waals surface area contributed by atoms with Crippen LogP contribution in [0.4, 0.5) is 0 Å². The number of ether oxygens (including phenoxy) is 2. The summed E-state index contributed by atoms with van der Waals surface area (Å²) in [6, 6.07) is 14.6. The first kappa shape index (κ1) is 14.2. The van der Waals surface area contributed by atoms with Gasteiger partial charge in [-0.25, -0.2) is 0 Å². The van der Waals surface area contributed by atoms with Gasteiger partial charge in [-0.15, -0.1) is 0 Å². The lowest BCUT2D eigenvalue weighted by Gasteiger charge is -2.39. The van der Waals surface area contributed by atoms with Crippen LogP contribution in [-0.4, -0.2) is 23.9 Å². The van der Waals surface area contributed by atoms with E-state index in [0.29, 0.717) is 16.5 Å². The first-order chi connectivity index (χ1) is 10.1. The molecule has 0 aliphatic carbocycles. The molecule has 0 radical (unpaired) electrons. The van der Waals surface area contributed by atoms with Crippen LogP contribution in [0.3, 0.4) is 0 Å². The molecule has 21 heavy (non-hydrogen) atoms. The maximum Gasteiger partial charge on any atom is 0.161 e. The summed E-state index contributed by atoms with van der Waals surface area (Å²) >= 11 is 6.14. The van der Waals surface area contributed by atoms with Gasteiger partial charge in [-0.2, -0.15) is 0 Å². The van der Waals surface area contributed by atoms with Crippen LogP contribution in [0, 0.1) is 0 Å². The van der Waals surface area contributed by atoms with Gasteiger partial charge in [-0.3, -0.25) is 0 Å². The van der Waals surface area contributed by atoms with E-state index in [1.807, 2.05) is 36.4 Å². The van der Waals surface area contributed by atoms with Gasteiger partial charge in [-0.05, 0) is 18.2 Å². The molecule has 1 heterocycles. The molecule has 2 aromatic rings. The summed E-state index contributed by atoms with van der Waals surface area (Å²) < 4.78 is 11.6. The Morgan fingerprint density at radius 2 is 1.95 bits per heavy atom. The lowest BCUT2D eigenvalue weighted by atomic mass is 9.88. The first-order valence-corrected chi connectivity index (χ1v) is 7.07. The van der Waals surface area contributed by atoms with Crippen LogP contribution in [0.25, 0.3) is 0 Å². The molecule has 0 bridgehead atoms. The standard InChI is InChI=1S/C16H16ClNO3/c17-12-6-2-4-8-14(12)21-15-11-5-1-3-7-13(11)20-10-16(15,19)9-18/h1-8,15,19H,9-10,18H2/t15-,16-/m0/s1. The first-order valence-electron chi connectivity index (χ1n) is 6.69. The Labute approximate surface area is 128 Å². The molecule has 0 amide bonds. The molecule has 5 heteroatoms. The Morgan fingerprint density at radius 1 is 1.24 bits per heavy atom. The predicted molar refractivity (Wildman–Crippen MR) is 80.8 cm³/mol. The van der Waals surface area contributed by atoms with Gasteiger partial charge in [0, 0.05) is 12.1 Å². The van der Waals surface area contributed by atoms with Crippen molar-refractivity contribution in [3.8, 4) is 11.5 Å². The molecular formula is C16H16ClNO3. The van der Waals surface area contributed by atoms with E-state index in [0.717, 1.165) is 5.56 Å². The van der Waals surface area contributed by atoms with Crippen molar-refractivity contribution in [1.29, 1.82) is 0 Å². The minimum atomic E-state index is -1.30. The number of halogens is 1. The van der Waals surface area contributed by atoms with Crippen LogP contribution in [0.2, 0.25) is 5.02 Å². The Balaban J connectivity index is 2.02. The maximum atomic E-state index is 10.7. The van der Waals surface area contributed by atoms with E-state index in [1.54, 1.807) is 12.1 Å². The molecule has 0 saturated heterocycles. The van der Waals surface area contributed by atoms with Crippen LogP contribution in [0.15, 0.2) is 48.5 Å². The van der Waals surface area contributed by atoms with Crippen molar-refractivity contribution in [2.45, 2.75) is 11.7 Å². The number of hydrogen-bond donors (Lipinski definition) is 2. The highest BCUT2D eigenvalue weighted by molar-refractivity contribution is 6.32. The van der Waals surface area contributed by atoms with Crippen LogP contribution >= 0.6 is 11.6 Å². The van der Waals surface area contributed by atoms with Crippen molar-refractivity contribution in [2.75, 3.05) is 13.2 Å². The molecule has 0 fully saturated rings. The summed E-state index contributed by atoms with van der Waals surface area (Å²) in [7, 11) is 0. The normalized spacial score (nSPS) is 24.0. The molecular weight excluding hydrogens is 290 g/mol. The molecule has 3 rings (SSSR count). The molecule has 0 spiro atoms.